The van der Waals surface area contributed by atoms with Gasteiger partial charge in [0.05, 0.1) is 5.92 Å². The van der Waals surface area contributed by atoms with Crippen LogP contribution in [0.2, 0.25) is 0 Å². The van der Waals surface area contributed by atoms with Gasteiger partial charge < -0.3 is 16.0 Å². The van der Waals surface area contributed by atoms with E-state index in [-0.39, 0.29) is 17.7 Å². The zero-order chi connectivity index (χ0) is 13.4. The summed E-state index contributed by atoms with van der Waals surface area (Å²) in [4.78, 5) is 25.5. The largest absolute Gasteiger partial charge is 0.399 e. The molecule has 1 atom stereocenters. The van der Waals surface area contributed by atoms with Crippen LogP contribution in [0.3, 0.4) is 0 Å². The minimum absolute atomic E-state index is 0.0344. The van der Waals surface area contributed by atoms with Crippen molar-refractivity contribution in [2.75, 3.05) is 23.7 Å². The predicted octanol–water partition coefficient (Wildman–Crippen LogP) is 0.684. The zero-order valence-electron chi connectivity index (χ0n) is 10.7. The fourth-order valence-corrected chi connectivity index (χ4v) is 2.85. The lowest BCUT2D eigenvalue weighted by Crippen LogP contribution is -2.40. The van der Waals surface area contributed by atoms with E-state index in [2.05, 4.69) is 5.32 Å². The van der Waals surface area contributed by atoms with E-state index < -0.39 is 0 Å². The summed E-state index contributed by atoms with van der Waals surface area (Å²) in [5.74, 6) is -0.215. The molecule has 2 aliphatic heterocycles. The standard InChI is InChI=1S/C14H17N3O2/c15-11-3-4-12-9(6-11)2-1-5-17(12)14(19)10-7-13(18)16-8-10/h3-4,6,10H,1-2,5,7-8,15H2,(H,16,18). The van der Waals surface area contributed by atoms with E-state index in [1.807, 2.05) is 23.1 Å². The molecule has 0 radical (unpaired) electrons. The summed E-state index contributed by atoms with van der Waals surface area (Å²) in [5.41, 5.74) is 8.58. The number of nitrogen functional groups attached to an aromatic ring is 1. The Labute approximate surface area is 111 Å². The topological polar surface area (TPSA) is 75.4 Å². The maximum absolute atomic E-state index is 12.5. The van der Waals surface area contributed by atoms with Crippen LogP contribution in [0.15, 0.2) is 18.2 Å². The number of benzene rings is 1. The lowest BCUT2D eigenvalue weighted by Gasteiger charge is -2.31. The van der Waals surface area contributed by atoms with Crippen molar-refractivity contribution < 1.29 is 9.59 Å². The third-order valence-corrected chi connectivity index (χ3v) is 3.81. The number of aryl methyl sites for hydroxylation is 1. The van der Waals surface area contributed by atoms with E-state index in [0.29, 0.717) is 13.0 Å². The average molecular weight is 259 g/mol. The number of rotatable bonds is 1. The van der Waals surface area contributed by atoms with Crippen LogP contribution in [0.4, 0.5) is 11.4 Å². The predicted molar refractivity (Wildman–Crippen MR) is 72.6 cm³/mol. The van der Waals surface area contributed by atoms with E-state index in [1.165, 1.54) is 0 Å². The molecule has 2 aliphatic rings. The van der Waals surface area contributed by atoms with Crippen molar-refractivity contribution in [3.63, 3.8) is 0 Å². The van der Waals surface area contributed by atoms with Gasteiger partial charge in [-0.2, -0.15) is 0 Å². The molecular weight excluding hydrogens is 242 g/mol. The van der Waals surface area contributed by atoms with Crippen LogP contribution in [-0.4, -0.2) is 24.9 Å². The van der Waals surface area contributed by atoms with E-state index in [4.69, 9.17) is 5.73 Å². The summed E-state index contributed by atoms with van der Waals surface area (Å²) in [7, 11) is 0. The minimum Gasteiger partial charge on any atom is -0.399 e. The highest BCUT2D eigenvalue weighted by molar-refractivity contribution is 6.00. The fourth-order valence-electron chi connectivity index (χ4n) is 2.85. The molecule has 1 fully saturated rings. The molecule has 0 bridgehead atoms. The van der Waals surface area contributed by atoms with Crippen molar-refractivity contribution >= 4 is 23.2 Å². The molecule has 19 heavy (non-hydrogen) atoms. The number of nitrogens with zero attached hydrogens (tertiary/aromatic N) is 1. The van der Waals surface area contributed by atoms with Gasteiger partial charge in [-0.1, -0.05) is 0 Å². The van der Waals surface area contributed by atoms with Gasteiger partial charge >= 0.3 is 0 Å². The van der Waals surface area contributed by atoms with Crippen molar-refractivity contribution in [1.82, 2.24) is 5.32 Å². The van der Waals surface area contributed by atoms with Crippen LogP contribution in [-0.2, 0) is 16.0 Å². The summed E-state index contributed by atoms with van der Waals surface area (Å²) in [5, 5.41) is 2.72. The molecule has 2 heterocycles. The monoisotopic (exact) mass is 259 g/mol. The Morgan fingerprint density at radius 1 is 1.42 bits per heavy atom. The SMILES string of the molecule is Nc1ccc2c(c1)CCCN2C(=O)C1CNC(=O)C1. The molecule has 0 aromatic heterocycles. The first-order valence-electron chi connectivity index (χ1n) is 6.61. The summed E-state index contributed by atoms with van der Waals surface area (Å²) < 4.78 is 0. The number of hydrogen-bond acceptors (Lipinski definition) is 3. The maximum Gasteiger partial charge on any atom is 0.232 e. The molecule has 1 aromatic carbocycles. The summed E-state index contributed by atoms with van der Waals surface area (Å²) >= 11 is 0. The first kappa shape index (κ1) is 12.0. The molecule has 5 nitrogen and oxygen atoms in total. The van der Waals surface area contributed by atoms with Gasteiger partial charge in [0.15, 0.2) is 0 Å². The van der Waals surface area contributed by atoms with Crippen molar-refractivity contribution in [3.8, 4) is 0 Å². The zero-order valence-corrected chi connectivity index (χ0v) is 10.7. The molecule has 1 saturated heterocycles. The van der Waals surface area contributed by atoms with Gasteiger partial charge in [0.25, 0.3) is 0 Å². The van der Waals surface area contributed by atoms with Crippen molar-refractivity contribution in [2.45, 2.75) is 19.3 Å². The van der Waals surface area contributed by atoms with Crippen molar-refractivity contribution in [1.29, 1.82) is 0 Å². The highest BCUT2D eigenvalue weighted by atomic mass is 16.2. The summed E-state index contributed by atoms with van der Waals surface area (Å²) in [6.45, 7) is 1.18. The van der Waals surface area contributed by atoms with E-state index in [0.717, 1.165) is 36.3 Å². The van der Waals surface area contributed by atoms with Gasteiger partial charge in [-0.3, -0.25) is 9.59 Å². The molecule has 100 valence electrons. The van der Waals surface area contributed by atoms with Gasteiger partial charge in [0, 0.05) is 30.9 Å². The lowest BCUT2D eigenvalue weighted by atomic mass is 9.98. The Hall–Kier alpha value is -2.04. The van der Waals surface area contributed by atoms with Gasteiger partial charge in [-0.15, -0.1) is 0 Å². The molecule has 0 saturated carbocycles. The van der Waals surface area contributed by atoms with Gasteiger partial charge in [-0.25, -0.2) is 0 Å². The van der Waals surface area contributed by atoms with E-state index >= 15 is 0 Å². The average Bonchev–Trinajstić information content (AvgIpc) is 2.83. The Kier molecular flexibility index (Phi) is 2.89. The molecular formula is C14H17N3O2. The lowest BCUT2D eigenvalue weighted by molar-refractivity contribution is -0.124. The second-order valence-electron chi connectivity index (χ2n) is 5.19. The number of carbonyl (C=O) groups excluding carboxylic acids is 2. The number of nitrogens with one attached hydrogen (secondary N) is 1. The normalized spacial score (nSPS) is 22.0. The summed E-state index contributed by atoms with van der Waals surface area (Å²) in [6.07, 6.45) is 2.20. The minimum atomic E-state index is -0.226. The van der Waals surface area contributed by atoms with Crippen LogP contribution >= 0.6 is 0 Å². The number of anilines is 2. The Bertz CT molecular complexity index is 541. The first-order valence-corrected chi connectivity index (χ1v) is 6.61. The number of nitrogens with two attached hydrogens (primary N) is 1. The number of amides is 2. The van der Waals surface area contributed by atoms with Gasteiger partial charge in [0.1, 0.15) is 0 Å². The smallest absolute Gasteiger partial charge is 0.232 e. The fraction of sp³-hybridized carbons (Fsp3) is 0.429. The molecule has 2 amide bonds. The highest BCUT2D eigenvalue weighted by Crippen LogP contribution is 2.30. The maximum atomic E-state index is 12.5. The molecule has 3 N–H and O–H groups in total. The van der Waals surface area contributed by atoms with E-state index in [9.17, 15) is 9.59 Å². The third kappa shape index (κ3) is 2.16. The van der Waals surface area contributed by atoms with Gasteiger partial charge in [-0.05, 0) is 36.6 Å². The Morgan fingerprint density at radius 2 is 2.26 bits per heavy atom. The van der Waals surface area contributed by atoms with E-state index in [1.54, 1.807) is 0 Å². The molecule has 0 aliphatic carbocycles. The first-order chi connectivity index (χ1) is 9.15. The van der Waals surface area contributed by atoms with Crippen LogP contribution in [0, 0.1) is 5.92 Å². The molecule has 1 unspecified atom stereocenters. The quantitative estimate of drug-likeness (QED) is 0.728. The second-order valence-corrected chi connectivity index (χ2v) is 5.19. The Balaban J connectivity index is 1.87. The van der Waals surface area contributed by atoms with Crippen molar-refractivity contribution in [2.24, 2.45) is 5.92 Å². The molecule has 1 aromatic rings. The Morgan fingerprint density at radius 3 is 3.00 bits per heavy atom. The molecule has 3 rings (SSSR count). The molecule has 5 heteroatoms. The van der Waals surface area contributed by atoms with Gasteiger partial charge in [0.2, 0.25) is 11.8 Å². The van der Waals surface area contributed by atoms with Crippen LogP contribution in [0.5, 0.6) is 0 Å². The second kappa shape index (κ2) is 4.57. The number of hydrogen-bond donors (Lipinski definition) is 2. The molecule has 0 spiro atoms. The van der Waals surface area contributed by atoms with Crippen LogP contribution in [0.25, 0.3) is 0 Å². The summed E-state index contributed by atoms with van der Waals surface area (Å²) in [6, 6.07) is 5.67. The number of carbonyl (C=O) groups is 2. The number of fused-ring (bicyclic) bond motifs is 1. The highest BCUT2D eigenvalue weighted by Gasteiger charge is 2.33. The van der Waals surface area contributed by atoms with Crippen LogP contribution in [0.1, 0.15) is 18.4 Å². The van der Waals surface area contributed by atoms with Crippen molar-refractivity contribution in [3.05, 3.63) is 23.8 Å². The van der Waals surface area contributed by atoms with Crippen LogP contribution < -0.4 is 16.0 Å². The third-order valence-electron chi connectivity index (χ3n) is 3.81.